The number of aliphatic hydroxyl groups excluding tert-OH is 1. The van der Waals surface area contributed by atoms with Gasteiger partial charge < -0.3 is 10.0 Å². The summed E-state index contributed by atoms with van der Waals surface area (Å²) in [4.78, 5) is 2.28. The van der Waals surface area contributed by atoms with E-state index in [1.165, 1.54) is 16.9 Å². The molecule has 0 heterocycles. The maximum Gasteiger partial charge on any atom is 0.0684 e. The SMILES string of the molecule is CCN(c1cccc(C)c1)c1ccc(CO)c(C)c1. The number of hydrogen-bond acceptors (Lipinski definition) is 2. The lowest BCUT2D eigenvalue weighted by atomic mass is 10.1. The summed E-state index contributed by atoms with van der Waals surface area (Å²) < 4.78 is 0. The van der Waals surface area contributed by atoms with Gasteiger partial charge in [-0.2, -0.15) is 0 Å². The van der Waals surface area contributed by atoms with Gasteiger partial charge in [0.05, 0.1) is 6.61 Å². The van der Waals surface area contributed by atoms with Gasteiger partial charge >= 0.3 is 0 Å². The van der Waals surface area contributed by atoms with Crippen molar-refractivity contribution < 1.29 is 5.11 Å². The van der Waals surface area contributed by atoms with Crippen LogP contribution >= 0.6 is 0 Å². The summed E-state index contributed by atoms with van der Waals surface area (Å²) in [7, 11) is 0. The Bertz CT molecular complexity index is 563. The number of aliphatic hydroxyl groups is 1. The Balaban J connectivity index is 2.39. The molecular weight excluding hydrogens is 234 g/mol. The highest BCUT2D eigenvalue weighted by atomic mass is 16.3. The van der Waals surface area contributed by atoms with Crippen LogP contribution in [0.2, 0.25) is 0 Å². The van der Waals surface area contributed by atoms with Crippen LogP contribution in [-0.4, -0.2) is 11.7 Å². The summed E-state index contributed by atoms with van der Waals surface area (Å²) in [5, 5.41) is 9.24. The molecule has 0 aliphatic heterocycles. The number of aryl methyl sites for hydroxylation is 2. The second-order valence-corrected chi connectivity index (χ2v) is 4.85. The maximum atomic E-state index is 9.24. The van der Waals surface area contributed by atoms with Crippen LogP contribution in [0.15, 0.2) is 42.5 Å². The molecule has 2 aromatic carbocycles. The first-order valence-corrected chi connectivity index (χ1v) is 6.70. The van der Waals surface area contributed by atoms with E-state index in [2.05, 4.69) is 55.1 Å². The molecule has 2 heteroatoms. The highest BCUT2D eigenvalue weighted by Crippen LogP contribution is 2.27. The van der Waals surface area contributed by atoms with E-state index in [-0.39, 0.29) is 6.61 Å². The van der Waals surface area contributed by atoms with E-state index in [1.54, 1.807) is 0 Å². The molecule has 0 unspecified atom stereocenters. The fourth-order valence-electron chi connectivity index (χ4n) is 2.34. The van der Waals surface area contributed by atoms with Crippen molar-refractivity contribution in [2.24, 2.45) is 0 Å². The van der Waals surface area contributed by atoms with Crippen molar-refractivity contribution in [1.82, 2.24) is 0 Å². The minimum Gasteiger partial charge on any atom is -0.392 e. The van der Waals surface area contributed by atoms with Gasteiger partial charge in [0.15, 0.2) is 0 Å². The van der Waals surface area contributed by atoms with Crippen LogP contribution in [-0.2, 0) is 6.61 Å². The average molecular weight is 255 g/mol. The minimum atomic E-state index is 0.0999. The lowest BCUT2D eigenvalue weighted by Crippen LogP contribution is -2.16. The molecule has 0 atom stereocenters. The average Bonchev–Trinajstić information content (AvgIpc) is 2.40. The molecule has 19 heavy (non-hydrogen) atoms. The lowest BCUT2D eigenvalue weighted by Gasteiger charge is -2.24. The first kappa shape index (κ1) is 13.6. The molecule has 0 bridgehead atoms. The smallest absolute Gasteiger partial charge is 0.0684 e. The van der Waals surface area contributed by atoms with Crippen molar-refractivity contribution in [3.63, 3.8) is 0 Å². The summed E-state index contributed by atoms with van der Waals surface area (Å²) >= 11 is 0. The summed E-state index contributed by atoms with van der Waals surface area (Å²) in [6, 6.07) is 14.7. The van der Waals surface area contributed by atoms with E-state index in [4.69, 9.17) is 0 Å². The van der Waals surface area contributed by atoms with Crippen LogP contribution in [0, 0.1) is 13.8 Å². The van der Waals surface area contributed by atoms with Crippen molar-refractivity contribution in [1.29, 1.82) is 0 Å². The molecule has 0 spiro atoms. The molecule has 0 saturated carbocycles. The Morgan fingerprint density at radius 2 is 1.74 bits per heavy atom. The van der Waals surface area contributed by atoms with E-state index in [9.17, 15) is 5.11 Å². The predicted molar refractivity (Wildman–Crippen MR) is 81.0 cm³/mol. The van der Waals surface area contributed by atoms with Crippen LogP contribution in [0.5, 0.6) is 0 Å². The van der Waals surface area contributed by atoms with Crippen molar-refractivity contribution in [3.8, 4) is 0 Å². The molecule has 0 saturated heterocycles. The Morgan fingerprint density at radius 1 is 1.00 bits per heavy atom. The Labute approximate surface area is 115 Å². The monoisotopic (exact) mass is 255 g/mol. The molecule has 1 N–H and O–H groups in total. The topological polar surface area (TPSA) is 23.5 Å². The van der Waals surface area contributed by atoms with Gasteiger partial charge in [0, 0.05) is 17.9 Å². The van der Waals surface area contributed by atoms with E-state index in [1.807, 2.05) is 13.0 Å². The largest absolute Gasteiger partial charge is 0.392 e. The first-order chi connectivity index (χ1) is 9.15. The summed E-state index contributed by atoms with van der Waals surface area (Å²) in [6.07, 6.45) is 0. The molecule has 0 aromatic heterocycles. The number of hydrogen-bond donors (Lipinski definition) is 1. The van der Waals surface area contributed by atoms with Crippen LogP contribution in [0.1, 0.15) is 23.6 Å². The molecule has 2 rings (SSSR count). The van der Waals surface area contributed by atoms with Crippen molar-refractivity contribution >= 4 is 11.4 Å². The highest BCUT2D eigenvalue weighted by Gasteiger charge is 2.08. The van der Waals surface area contributed by atoms with Crippen molar-refractivity contribution in [3.05, 3.63) is 59.2 Å². The van der Waals surface area contributed by atoms with Gasteiger partial charge in [-0.1, -0.05) is 18.2 Å². The van der Waals surface area contributed by atoms with E-state index < -0.39 is 0 Å². The van der Waals surface area contributed by atoms with E-state index in [0.717, 1.165) is 17.7 Å². The Kier molecular flexibility index (Phi) is 4.23. The molecule has 2 nitrogen and oxygen atoms in total. The van der Waals surface area contributed by atoms with Gasteiger partial charge in [0.1, 0.15) is 0 Å². The number of anilines is 2. The van der Waals surface area contributed by atoms with Crippen molar-refractivity contribution in [2.75, 3.05) is 11.4 Å². The third-order valence-corrected chi connectivity index (χ3v) is 3.44. The second-order valence-electron chi connectivity index (χ2n) is 4.85. The minimum absolute atomic E-state index is 0.0999. The molecule has 0 aliphatic rings. The fraction of sp³-hybridized carbons (Fsp3) is 0.294. The normalized spacial score (nSPS) is 10.5. The predicted octanol–water partition coefficient (Wildman–Crippen LogP) is 3.95. The standard InChI is InChI=1S/C17H21NO/c1-4-18(16-7-5-6-13(2)10-16)17-9-8-15(12-19)14(3)11-17/h5-11,19H,4,12H2,1-3H3. The van der Waals surface area contributed by atoms with Gasteiger partial charge in [-0.05, 0) is 61.7 Å². The zero-order valence-corrected chi connectivity index (χ0v) is 11.9. The van der Waals surface area contributed by atoms with Crippen LogP contribution < -0.4 is 4.90 Å². The molecule has 0 radical (unpaired) electrons. The summed E-state index contributed by atoms with van der Waals surface area (Å²) in [6.45, 7) is 7.32. The Hall–Kier alpha value is -1.80. The third kappa shape index (κ3) is 2.96. The van der Waals surface area contributed by atoms with Gasteiger partial charge in [-0.3, -0.25) is 0 Å². The first-order valence-electron chi connectivity index (χ1n) is 6.70. The highest BCUT2D eigenvalue weighted by molar-refractivity contribution is 5.64. The van der Waals surface area contributed by atoms with Gasteiger partial charge in [0.2, 0.25) is 0 Å². The number of nitrogens with zero attached hydrogens (tertiary/aromatic N) is 1. The van der Waals surface area contributed by atoms with Gasteiger partial charge in [-0.25, -0.2) is 0 Å². The molecule has 2 aromatic rings. The van der Waals surface area contributed by atoms with Crippen molar-refractivity contribution in [2.45, 2.75) is 27.4 Å². The second kappa shape index (κ2) is 5.89. The van der Waals surface area contributed by atoms with Crippen LogP contribution in [0.25, 0.3) is 0 Å². The zero-order chi connectivity index (χ0) is 13.8. The van der Waals surface area contributed by atoms with E-state index in [0.29, 0.717) is 0 Å². The Morgan fingerprint density at radius 3 is 2.32 bits per heavy atom. The molecule has 0 aliphatic carbocycles. The van der Waals surface area contributed by atoms with Crippen LogP contribution in [0.4, 0.5) is 11.4 Å². The summed E-state index contributed by atoms with van der Waals surface area (Å²) in [5.41, 5.74) is 5.76. The summed E-state index contributed by atoms with van der Waals surface area (Å²) in [5.74, 6) is 0. The quantitative estimate of drug-likeness (QED) is 0.894. The van der Waals surface area contributed by atoms with E-state index >= 15 is 0 Å². The number of rotatable bonds is 4. The zero-order valence-electron chi connectivity index (χ0n) is 11.9. The van der Waals surface area contributed by atoms with Gasteiger partial charge in [-0.15, -0.1) is 0 Å². The molecule has 0 amide bonds. The molecular formula is C17H21NO. The molecule has 0 fully saturated rings. The number of benzene rings is 2. The third-order valence-electron chi connectivity index (χ3n) is 3.44. The van der Waals surface area contributed by atoms with Crippen LogP contribution in [0.3, 0.4) is 0 Å². The fourth-order valence-corrected chi connectivity index (χ4v) is 2.34. The van der Waals surface area contributed by atoms with Gasteiger partial charge in [0.25, 0.3) is 0 Å². The molecule has 100 valence electrons. The maximum absolute atomic E-state index is 9.24. The lowest BCUT2D eigenvalue weighted by molar-refractivity contribution is 0.281.